The van der Waals surface area contributed by atoms with Gasteiger partial charge >= 0.3 is 0 Å². The average molecular weight is 160 g/mol. The Labute approximate surface area is 72.4 Å². The molecule has 1 nitrogen and oxygen atoms in total. The number of hydrogen-bond acceptors (Lipinski definition) is 1. The summed E-state index contributed by atoms with van der Waals surface area (Å²) >= 11 is 0. The molecule has 62 valence electrons. The molecule has 0 bridgehead atoms. The highest BCUT2D eigenvalue weighted by molar-refractivity contribution is 5.34. The van der Waals surface area contributed by atoms with Crippen LogP contribution in [0.15, 0.2) is 36.9 Å². The first-order chi connectivity index (χ1) is 5.81. The van der Waals surface area contributed by atoms with Gasteiger partial charge in [-0.1, -0.05) is 18.2 Å². The second kappa shape index (κ2) is 2.67. The zero-order chi connectivity index (χ0) is 8.55. The predicted molar refractivity (Wildman–Crippen MR) is 49.2 cm³/mol. The molecule has 1 heteroatoms. The zero-order valence-electron chi connectivity index (χ0n) is 6.90. The lowest BCUT2D eigenvalue weighted by atomic mass is 10.1. The minimum atomic E-state index is 0.363. The van der Waals surface area contributed by atoms with Gasteiger partial charge in [0.1, 0.15) is 5.75 Å². The summed E-state index contributed by atoms with van der Waals surface area (Å²) in [7, 11) is 0. The SMILES string of the molecule is C=C[C@H]1C[C@@H]1c1cccc(O)c1. The minimum absolute atomic E-state index is 0.363. The van der Waals surface area contributed by atoms with Crippen LogP contribution in [-0.4, -0.2) is 5.11 Å². The van der Waals surface area contributed by atoms with Gasteiger partial charge in [0.15, 0.2) is 0 Å². The summed E-state index contributed by atoms with van der Waals surface area (Å²) in [6, 6.07) is 7.50. The highest BCUT2D eigenvalue weighted by Crippen LogP contribution is 2.48. The number of benzene rings is 1. The summed E-state index contributed by atoms with van der Waals surface area (Å²) in [4.78, 5) is 0. The van der Waals surface area contributed by atoms with Crippen LogP contribution in [0.2, 0.25) is 0 Å². The fraction of sp³-hybridized carbons (Fsp3) is 0.273. The van der Waals surface area contributed by atoms with Crippen molar-refractivity contribution in [3.05, 3.63) is 42.5 Å². The topological polar surface area (TPSA) is 20.2 Å². The van der Waals surface area contributed by atoms with Crippen molar-refractivity contribution in [2.45, 2.75) is 12.3 Å². The Morgan fingerprint density at radius 3 is 2.92 bits per heavy atom. The van der Waals surface area contributed by atoms with Gasteiger partial charge in [0.2, 0.25) is 0 Å². The lowest BCUT2D eigenvalue weighted by Crippen LogP contribution is -1.79. The van der Waals surface area contributed by atoms with E-state index in [1.807, 2.05) is 18.2 Å². The highest BCUT2D eigenvalue weighted by Gasteiger charge is 2.35. The van der Waals surface area contributed by atoms with Crippen molar-refractivity contribution >= 4 is 0 Å². The van der Waals surface area contributed by atoms with Gasteiger partial charge in [0.05, 0.1) is 0 Å². The van der Waals surface area contributed by atoms with Crippen molar-refractivity contribution in [3.63, 3.8) is 0 Å². The fourth-order valence-corrected chi connectivity index (χ4v) is 1.61. The maximum absolute atomic E-state index is 9.22. The van der Waals surface area contributed by atoms with E-state index in [-0.39, 0.29) is 0 Å². The second-order valence-corrected chi connectivity index (χ2v) is 3.34. The lowest BCUT2D eigenvalue weighted by molar-refractivity contribution is 0.474. The number of rotatable bonds is 2. The molecule has 1 aromatic carbocycles. The molecule has 0 saturated heterocycles. The van der Waals surface area contributed by atoms with Crippen LogP contribution >= 0.6 is 0 Å². The van der Waals surface area contributed by atoms with Crippen molar-refractivity contribution in [1.82, 2.24) is 0 Å². The standard InChI is InChI=1S/C11H12O/c1-2-8-7-11(8)9-4-3-5-10(12)6-9/h2-6,8,11-12H,1,7H2/t8-,11-/m0/s1. The Bertz CT molecular complexity index is 304. The van der Waals surface area contributed by atoms with Crippen LogP contribution in [0.5, 0.6) is 5.75 Å². The van der Waals surface area contributed by atoms with Crippen LogP contribution in [0.1, 0.15) is 17.9 Å². The van der Waals surface area contributed by atoms with Crippen LogP contribution < -0.4 is 0 Å². The van der Waals surface area contributed by atoms with Crippen molar-refractivity contribution in [3.8, 4) is 5.75 Å². The molecule has 1 aliphatic rings. The van der Waals surface area contributed by atoms with Crippen molar-refractivity contribution in [2.24, 2.45) is 5.92 Å². The summed E-state index contributed by atoms with van der Waals surface area (Å²) < 4.78 is 0. The van der Waals surface area contributed by atoms with Crippen molar-refractivity contribution < 1.29 is 5.11 Å². The molecule has 0 aliphatic heterocycles. The van der Waals surface area contributed by atoms with E-state index >= 15 is 0 Å². The fourth-order valence-electron chi connectivity index (χ4n) is 1.61. The van der Waals surface area contributed by atoms with Gasteiger partial charge in [0, 0.05) is 0 Å². The number of phenols is 1. The predicted octanol–water partition coefficient (Wildman–Crippen LogP) is 2.68. The monoisotopic (exact) mass is 160 g/mol. The van der Waals surface area contributed by atoms with Crippen LogP contribution in [0.25, 0.3) is 0 Å². The van der Waals surface area contributed by atoms with E-state index in [1.54, 1.807) is 6.07 Å². The van der Waals surface area contributed by atoms with Gasteiger partial charge in [-0.2, -0.15) is 0 Å². The van der Waals surface area contributed by atoms with Crippen LogP contribution in [-0.2, 0) is 0 Å². The van der Waals surface area contributed by atoms with Crippen LogP contribution in [0.3, 0.4) is 0 Å². The van der Waals surface area contributed by atoms with E-state index in [1.165, 1.54) is 12.0 Å². The molecule has 2 atom stereocenters. The summed E-state index contributed by atoms with van der Waals surface area (Å²) in [5, 5.41) is 9.22. The Morgan fingerprint density at radius 1 is 1.50 bits per heavy atom. The van der Waals surface area contributed by atoms with Crippen LogP contribution in [0, 0.1) is 5.92 Å². The molecule has 0 amide bonds. The molecular formula is C11H12O. The Morgan fingerprint density at radius 2 is 2.33 bits per heavy atom. The largest absolute Gasteiger partial charge is 0.508 e. The molecule has 1 fully saturated rings. The van der Waals surface area contributed by atoms with Crippen molar-refractivity contribution in [2.75, 3.05) is 0 Å². The Balaban J connectivity index is 2.19. The van der Waals surface area contributed by atoms with E-state index in [4.69, 9.17) is 0 Å². The quantitative estimate of drug-likeness (QED) is 0.659. The number of phenolic OH excluding ortho intramolecular Hbond substituents is 1. The summed E-state index contributed by atoms with van der Waals surface area (Å²) in [5.74, 6) is 1.60. The highest BCUT2D eigenvalue weighted by atomic mass is 16.3. The number of allylic oxidation sites excluding steroid dienone is 1. The van der Waals surface area contributed by atoms with Crippen LogP contribution in [0.4, 0.5) is 0 Å². The number of aromatic hydroxyl groups is 1. The van der Waals surface area contributed by atoms with Gasteiger partial charge in [-0.15, -0.1) is 6.58 Å². The third-order valence-electron chi connectivity index (χ3n) is 2.44. The molecule has 0 unspecified atom stereocenters. The van der Waals surface area contributed by atoms with E-state index in [9.17, 15) is 5.11 Å². The van der Waals surface area contributed by atoms with Gasteiger partial charge in [-0.3, -0.25) is 0 Å². The Hall–Kier alpha value is -1.24. The summed E-state index contributed by atoms with van der Waals surface area (Å²) in [6.45, 7) is 3.76. The molecule has 1 saturated carbocycles. The zero-order valence-corrected chi connectivity index (χ0v) is 6.90. The van der Waals surface area contributed by atoms with Gasteiger partial charge in [-0.25, -0.2) is 0 Å². The maximum Gasteiger partial charge on any atom is 0.115 e. The summed E-state index contributed by atoms with van der Waals surface area (Å²) in [6.07, 6.45) is 3.18. The molecule has 1 aromatic rings. The minimum Gasteiger partial charge on any atom is -0.508 e. The van der Waals surface area contributed by atoms with E-state index in [2.05, 4.69) is 12.6 Å². The molecule has 0 radical (unpaired) electrons. The Kier molecular flexibility index (Phi) is 1.65. The molecule has 0 spiro atoms. The third-order valence-corrected chi connectivity index (χ3v) is 2.44. The van der Waals surface area contributed by atoms with E-state index < -0.39 is 0 Å². The lowest BCUT2D eigenvalue weighted by Gasteiger charge is -1.98. The molecule has 1 aliphatic carbocycles. The summed E-state index contributed by atoms with van der Waals surface area (Å²) in [5.41, 5.74) is 1.24. The van der Waals surface area contributed by atoms with Gasteiger partial charge in [0.25, 0.3) is 0 Å². The van der Waals surface area contributed by atoms with E-state index in [0.717, 1.165) is 0 Å². The van der Waals surface area contributed by atoms with Gasteiger partial charge < -0.3 is 5.11 Å². The van der Waals surface area contributed by atoms with Gasteiger partial charge in [-0.05, 0) is 36.0 Å². The molecule has 0 aromatic heterocycles. The smallest absolute Gasteiger partial charge is 0.115 e. The van der Waals surface area contributed by atoms with E-state index in [0.29, 0.717) is 17.6 Å². The molecule has 12 heavy (non-hydrogen) atoms. The number of hydrogen-bond donors (Lipinski definition) is 1. The normalized spacial score (nSPS) is 26.7. The second-order valence-electron chi connectivity index (χ2n) is 3.34. The first-order valence-corrected chi connectivity index (χ1v) is 4.23. The first kappa shape index (κ1) is 7.41. The molecule has 0 heterocycles. The molecular weight excluding hydrogens is 148 g/mol. The maximum atomic E-state index is 9.22. The molecule has 1 N–H and O–H groups in total. The molecule has 2 rings (SSSR count). The van der Waals surface area contributed by atoms with Crippen molar-refractivity contribution in [1.29, 1.82) is 0 Å². The average Bonchev–Trinajstić information content (AvgIpc) is 2.83. The third kappa shape index (κ3) is 1.22. The first-order valence-electron chi connectivity index (χ1n) is 4.23.